The monoisotopic (exact) mass is 413 g/mol. The van der Waals surface area contributed by atoms with Crippen molar-refractivity contribution in [2.75, 3.05) is 0 Å². The molecule has 3 aromatic rings. The number of aromatic nitrogens is 4. The molecule has 4 rings (SSSR count). The molecule has 0 radical (unpaired) electrons. The van der Waals surface area contributed by atoms with Crippen LogP contribution in [-0.2, 0) is 32.4 Å². The van der Waals surface area contributed by atoms with E-state index in [-0.39, 0.29) is 24.2 Å². The standard InChI is InChI=1S/C20H20ClN5O3/c1-2-25-18-14(12-15(21)22-18)19(27)26(20(25)28)10-6-9-16-23-17(29-24-16)11-13-7-4-3-5-8-13/h3-5,7-8H,2,6,9-12H2,1H3. The van der Waals surface area contributed by atoms with Crippen LogP contribution in [0.5, 0.6) is 0 Å². The predicted octanol–water partition coefficient (Wildman–Crippen LogP) is 2.46. The fourth-order valence-corrected chi connectivity index (χ4v) is 3.65. The summed E-state index contributed by atoms with van der Waals surface area (Å²) < 4.78 is 8.04. The smallest absolute Gasteiger partial charge is 0.332 e. The van der Waals surface area contributed by atoms with Crippen molar-refractivity contribution < 1.29 is 4.52 Å². The second-order valence-electron chi connectivity index (χ2n) is 6.82. The molecular formula is C20H20ClN5O3. The Balaban J connectivity index is 1.45. The van der Waals surface area contributed by atoms with Gasteiger partial charge in [-0.05, 0) is 18.9 Å². The zero-order valence-corrected chi connectivity index (χ0v) is 16.7. The van der Waals surface area contributed by atoms with Gasteiger partial charge >= 0.3 is 5.69 Å². The second-order valence-corrected chi connectivity index (χ2v) is 7.26. The average Bonchev–Trinajstić information content (AvgIpc) is 3.32. The van der Waals surface area contributed by atoms with Gasteiger partial charge < -0.3 is 4.52 Å². The number of hydrogen-bond donors (Lipinski definition) is 0. The third kappa shape index (κ3) is 3.93. The molecule has 1 aliphatic heterocycles. The van der Waals surface area contributed by atoms with Gasteiger partial charge in [-0.25, -0.2) is 9.79 Å². The maximum atomic E-state index is 12.7. The maximum absolute atomic E-state index is 12.7. The van der Waals surface area contributed by atoms with Crippen LogP contribution in [0.3, 0.4) is 0 Å². The first-order valence-electron chi connectivity index (χ1n) is 9.51. The largest absolute Gasteiger partial charge is 0.339 e. The molecule has 0 spiro atoms. The van der Waals surface area contributed by atoms with Gasteiger partial charge in [0.15, 0.2) is 5.82 Å². The first-order valence-corrected chi connectivity index (χ1v) is 9.89. The van der Waals surface area contributed by atoms with Crippen LogP contribution < -0.4 is 11.2 Å². The number of rotatable bonds is 7. The lowest BCUT2D eigenvalue weighted by Gasteiger charge is -2.12. The Morgan fingerprint density at radius 3 is 2.72 bits per heavy atom. The summed E-state index contributed by atoms with van der Waals surface area (Å²) in [6, 6.07) is 9.87. The molecular weight excluding hydrogens is 394 g/mol. The number of nitrogens with zero attached hydrogens (tertiary/aromatic N) is 5. The molecule has 0 amide bonds. The van der Waals surface area contributed by atoms with Crippen molar-refractivity contribution in [3.05, 3.63) is 74.0 Å². The van der Waals surface area contributed by atoms with Crippen LogP contribution in [0.25, 0.3) is 0 Å². The lowest BCUT2D eigenvalue weighted by atomic mass is 10.1. The van der Waals surface area contributed by atoms with Gasteiger partial charge in [0.25, 0.3) is 5.56 Å². The third-order valence-corrected chi connectivity index (χ3v) is 5.07. The Bertz CT molecular complexity index is 1180. The minimum Gasteiger partial charge on any atom is -0.339 e. The molecule has 0 atom stereocenters. The summed E-state index contributed by atoms with van der Waals surface area (Å²) in [4.78, 5) is 34.0. The van der Waals surface area contributed by atoms with Gasteiger partial charge in [-0.15, -0.1) is 0 Å². The van der Waals surface area contributed by atoms with E-state index in [4.69, 9.17) is 16.1 Å². The molecule has 1 aromatic carbocycles. The van der Waals surface area contributed by atoms with Crippen LogP contribution in [0, 0.1) is 0 Å². The normalized spacial score (nSPS) is 12.8. The molecule has 0 N–H and O–H groups in total. The molecule has 1 aliphatic rings. The van der Waals surface area contributed by atoms with E-state index in [2.05, 4.69) is 15.1 Å². The van der Waals surface area contributed by atoms with Crippen LogP contribution >= 0.6 is 11.6 Å². The fourth-order valence-electron chi connectivity index (χ4n) is 3.44. The number of hydrogen-bond acceptors (Lipinski definition) is 6. The summed E-state index contributed by atoms with van der Waals surface area (Å²) in [5.74, 6) is 1.49. The van der Waals surface area contributed by atoms with Gasteiger partial charge in [0, 0.05) is 25.9 Å². The number of benzene rings is 1. The Morgan fingerprint density at radius 2 is 1.97 bits per heavy atom. The van der Waals surface area contributed by atoms with Crippen LogP contribution in [-0.4, -0.2) is 24.4 Å². The molecule has 150 valence electrons. The molecule has 0 unspecified atom stereocenters. The highest BCUT2D eigenvalue weighted by molar-refractivity contribution is 6.66. The number of halogens is 1. The van der Waals surface area contributed by atoms with Gasteiger partial charge in [-0.2, -0.15) is 4.98 Å². The van der Waals surface area contributed by atoms with Crippen molar-refractivity contribution in [3.63, 3.8) is 0 Å². The van der Waals surface area contributed by atoms with Crippen molar-refractivity contribution in [2.45, 2.75) is 45.7 Å². The Labute approximate surface area is 171 Å². The highest BCUT2D eigenvalue weighted by Crippen LogP contribution is 2.23. The highest BCUT2D eigenvalue weighted by Gasteiger charge is 2.23. The third-order valence-electron chi connectivity index (χ3n) is 4.85. The van der Waals surface area contributed by atoms with E-state index in [1.165, 1.54) is 9.13 Å². The van der Waals surface area contributed by atoms with E-state index in [0.717, 1.165) is 5.56 Å². The number of aliphatic imine (C=N–C) groups is 1. The minimum absolute atomic E-state index is 0.268. The average molecular weight is 414 g/mol. The molecule has 0 bridgehead atoms. The van der Waals surface area contributed by atoms with Gasteiger partial charge in [-0.1, -0.05) is 47.1 Å². The van der Waals surface area contributed by atoms with Crippen LogP contribution in [0.15, 0.2) is 49.4 Å². The molecule has 0 saturated carbocycles. The van der Waals surface area contributed by atoms with Crippen molar-refractivity contribution in [3.8, 4) is 0 Å². The van der Waals surface area contributed by atoms with Gasteiger partial charge in [0.2, 0.25) is 5.89 Å². The predicted molar refractivity (Wildman–Crippen MR) is 109 cm³/mol. The van der Waals surface area contributed by atoms with Gasteiger partial charge in [0.1, 0.15) is 11.0 Å². The van der Waals surface area contributed by atoms with E-state index in [1.54, 1.807) is 0 Å². The molecule has 29 heavy (non-hydrogen) atoms. The summed E-state index contributed by atoms with van der Waals surface area (Å²) in [6.45, 7) is 2.53. The summed E-state index contributed by atoms with van der Waals surface area (Å²) in [5, 5.41) is 4.33. The van der Waals surface area contributed by atoms with Crippen LogP contribution in [0.1, 0.15) is 36.2 Å². The molecule has 8 nitrogen and oxygen atoms in total. The summed E-state index contributed by atoms with van der Waals surface area (Å²) in [6.07, 6.45) is 1.88. The summed E-state index contributed by atoms with van der Waals surface area (Å²) in [7, 11) is 0. The SMILES string of the molecule is CCn1c2c(c(=O)n(CCCc3noc(Cc4ccccc4)n3)c1=O)CC(Cl)=N2. The van der Waals surface area contributed by atoms with Crippen molar-refractivity contribution in [1.82, 2.24) is 19.3 Å². The molecule has 3 heterocycles. The minimum atomic E-state index is -0.371. The lowest BCUT2D eigenvalue weighted by Crippen LogP contribution is -2.41. The Morgan fingerprint density at radius 1 is 1.17 bits per heavy atom. The van der Waals surface area contributed by atoms with Crippen molar-refractivity contribution in [1.29, 1.82) is 0 Å². The van der Waals surface area contributed by atoms with Crippen LogP contribution in [0.4, 0.5) is 5.82 Å². The zero-order chi connectivity index (χ0) is 20.4. The first kappa shape index (κ1) is 19.3. The summed E-state index contributed by atoms with van der Waals surface area (Å²) >= 11 is 5.99. The van der Waals surface area contributed by atoms with Crippen LogP contribution in [0.2, 0.25) is 0 Å². The van der Waals surface area contributed by atoms with Gasteiger partial charge in [0.05, 0.1) is 12.0 Å². The molecule has 0 aliphatic carbocycles. The molecule has 2 aromatic heterocycles. The Kier molecular flexibility index (Phi) is 5.44. The van der Waals surface area contributed by atoms with E-state index in [9.17, 15) is 9.59 Å². The van der Waals surface area contributed by atoms with Crippen molar-refractivity contribution in [2.24, 2.45) is 4.99 Å². The second kappa shape index (κ2) is 8.16. The van der Waals surface area contributed by atoms with E-state index in [1.807, 2.05) is 37.3 Å². The first-order chi connectivity index (χ1) is 14.1. The number of aryl methyl sites for hydroxylation is 1. The fraction of sp³-hybridized carbons (Fsp3) is 0.350. The summed E-state index contributed by atoms with van der Waals surface area (Å²) in [5.41, 5.74) is 0.866. The van der Waals surface area contributed by atoms with E-state index in [0.29, 0.717) is 54.1 Å². The molecule has 0 fully saturated rings. The Hall–Kier alpha value is -3.00. The molecule has 0 saturated heterocycles. The lowest BCUT2D eigenvalue weighted by molar-refractivity contribution is 0.378. The zero-order valence-electron chi connectivity index (χ0n) is 16.0. The van der Waals surface area contributed by atoms with Gasteiger partial charge in [-0.3, -0.25) is 13.9 Å². The van der Waals surface area contributed by atoms with Crippen molar-refractivity contribution >= 4 is 22.6 Å². The maximum Gasteiger partial charge on any atom is 0.332 e. The quantitative estimate of drug-likeness (QED) is 0.592. The van der Waals surface area contributed by atoms with E-state index >= 15 is 0 Å². The number of fused-ring (bicyclic) bond motifs is 1. The highest BCUT2D eigenvalue weighted by atomic mass is 35.5. The van der Waals surface area contributed by atoms with E-state index < -0.39 is 0 Å². The topological polar surface area (TPSA) is 95.3 Å². The molecule has 9 heteroatoms.